The normalized spacial score (nSPS) is 12.2. The summed E-state index contributed by atoms with van der Waals surface area (Å²) >= 11 is 0. The highest BCUT2D eigenvalue weighted by Gasteiger charge is 2.25. The number of nitrogens with zero attached hydrogens (tertiary/aromatic N) is 4. The van der Waals surface area contributed by atoms with Gasteiger partial charge >= 0.3 is 0 Å². The van der Waals surface area contributed by atoms with Gasteiger partial charge in [0.25, 0.3) is 0 Å². The third kappa shape index (κ3) is 3.65. The Kier molecular flexibility index (Phi) is 5.47. The standard InChI is InChI=1S/C48H28N4/c1-2-13-30(14-3-1)45-46(50-39-19-9-8-18-38(39)49-45)31-22-25-32(26-23-31)51-42-28-37-34-16-6-10-20-40(34)52-41-21-11-7-17-35(41)44(48(37)52)43(42)36-27-24-29-12-4-5-15-33(29)47(36)51/h1-28H. The fraction of sp³-hybridized carbons (Fsp3) is 0. The molecule has 0 spiro atoms. The fourth-order valence-corrected chi connectivity index (χ4v) is 8.81. The summed E-state index contributed by atoms with van der Waals surface area (Å²) in [5, 5.41) is 10.2. The van der Waals surface area contributed by atoms with Gasteiger partial charge in [0.2, 0.25) is 0 Å². The van der Waals surface area contributed by atoms with Crippen LogP contribution in [0.1, 0.15) is 0 Å². The molecule has 4 aromatic heterocycles. The van der Waals surface area contributed by atoms with Crippen LogP contribution in [0.2, 0.25) is 0 Å². The zero-order chi connectivity index (χ0) is 33.9. The van der Waals surface area contributed by atoms with Crippen LogP contribution in [-0.4, -0.2) is 18.9 Å². The van der Waals surface area contributed by atoms with Crippen LogP contribution in [0, 0.1) is 0 Å². The van der Waals surface area contributed by atoms with E-state index in [1.807, 2.05) is 30.3 Å². The van der Waals surface area contributed by atoms with Crippen molar-refractivity contribution in [2.75, 3.05) is 0 Å². The Morgan fingerprint density at radius 2 is 0.962 bits per heavy atom. The van der Waals surface area contributed by atoms with Crippen molar-refractivity contribution in [2.24, 2.45) is 0 Å². The molecule has 4 heteroatoms. The highest BCUT2D eigenvalue weighted by atomic mass is 15.0. The van der Waals surface area contributed by atoms with Crippen LogP contribution in [0.5, 0.6) is 0 Å². The molecular weight excluding hydrogens is 633 g/mol. The summed E-state index contributed by atoms with van der Waals surface area (Å²) in [6, 6.07) is 60.9. The summed E-state index contributed by atoms with van der Waals surface area (Å²) in [6.07, 6.45) is 0. The number of aromatic nitrogens is 4. The predicted molar refractivity (Wildman–Crippen MR) is 217 cm³/mol. The number of benzene rings is 8. The minimum Gasteiger partial charge on any atom is -0.309 e. The first-order valence-electron chi connectivity index (χ1n) is 17.8. The molecule has 0 aliphatic heterocycles. The summed E-state index contributed by atoms with van der Waals surface area (Å²) in [6.45, 7) is 0. The molecule has 4 heterocycles. The summed E-state index contributed by atoms with van der Waals surface area (Å²) in [4.78, 5) is 10.3. The van der Waals surface area contributed by atoms with Crippen LogP contribution >= 0.6 is 0 Å². The van der Waals surface area contributed by atoms with Crippen molar-refractivity contribution >= 4 is 81.7 Å². The smallest absolute Gasteiger partial charge is 0.0973 e. The van der Waals surface area contributed by atoms with Crippen molar-refractivity contribution in [1.29, 1.82) is 0 Å². The van der Waals surface area contributed by atoms with Crippen molar-refractivity contribution in [1.82, 2.24) is 18.9 Å². The van der Waals surface area contributed by atoms with Crippen molar-refractivity contribution in [3.05, 3.63) is 170 Å². The fourth-order valence-electron chi connectivity index (χ4n) is 8.81. The molecule has 12 rings (SSSR count). The number of para-hydroxylation sites is 4. The number of fused-ring (bicyclic) bond motifs is 13. The summed E-state index contributed by atoms with van der Waals surface area (Å²) < 4.78 is 4.96. The van der Waals surface area contributed by atoms with E-state index in [4.69, 9.17) is 9.97 Å². The van der Waals surface area contributed by atoms with Gasteiger partial charge in [0.05, 0.1) is 50.0 Å². The second kappa shape index (κ2) is 10.3. The van der Waals surface area contributed by atoms with Gasteiger partial charge in [0, 0.05) is 54.5 Å². The van der Waals surface area contributed by atoms with Crippen LogP contribution in [-0.2, 0) is 0 Å². The highest BCUT2D eigenvalue weighted by Crippen LogP contribution is 2.47. The largest absolute Gasteiger partial charge is 0.309 e. The van der Waals surface area contributed by atoms with Gasteiger partial charge in [-0.1, -0.05) is 127 Å². The van der Waals surface area contributed by atoms with Gasteiger partial charge in [0.15, 0.2) is 0 Å². The Hall–Kier alpha value is -7.04. The maximum Gasteiger partial charge on any atom is 0.0973 e. The Morgan fingerprint density at radius 3 is 1.71 bits per heavy atom. The topological polar surface area (TPSA) is 35.1 Å². The van der Waals surface area contributed by atoms with Crippen molar-refractivity contribution in [3.8, 4) is 28.2 Å². The third-order valence-electron chi connectivity index (χ3n) is 11.0. The van der Waals surface area contributed by atoms with E-state index < -0.39 is 0 Å². The van der Waals surface area contributed by atoms with E-state index in [9.17, 15) is 0 Å². The second-order valence-corrected chi connectivity index (χ2v) is 13.8. The van der Waals surface area contributed by atoms with E-state index in [0.29, 0.717) is 0 Å². The minimum atomic E-state index is 0.878. The molecule has 0 radical (unpaired) electrons. The molecule has 0 aliphatic carbocycles. The predicted octanol–water partition coefficient (Wildman–Crippen LogP) is 12.4. The first kappa shape index (κ1) is 27.7. The van der Waals surface area contributed by atoms with Gasteiger partial charge in [-0.15, -0.1) is 0 Å². The Morgan fingerprint density at radius 1 is 0.365 bits per heavy atom. The molecule has 0 amide bonds. The second-order valence-electron chi connectivity index (χ2n) is 13.8. The molecular formula is C48H28N4. The molecule has 0 fully saturated rings. The SMILES string of the molecule is c1ccc(-c2nc3ccccc3nc2-c2ccc(-n3c4cc5c6ccccc6n6c7ccccc7c(c4c4ccc7ccccc7c43)c56)cc2)cc1. The molecule has 4 nitrogen and oxygen atoms in total. The maximum absolute atomic E-state index is 5.19. The molecule has 240 valence electrons. The minimum absolute atomic E-state index is 0.878. The lowest BCUT2D eigenvalue weighted by Crippen LogP contribution is -1.97. The first-order chi connectivity index (χ1) is 25.8. The lowest BCUT2D eigenvalue weighted by Gasteiger charge is -2.13. The maximum atomic E-state index is 5.19. The highest BCUT2D eigenvalue weighted by molar-refractivity contribution is 6.37. The average Bonchev–Trinajstić information content (AvgIpc) is 3.85. The van der Waals surface area contributed by atoms with Crippen LogP contribution in [0.3, 0.4) is 0 Å². The molecule has 52 heavy (non-hydrogen) atoms. The van der Waals surface area contributed by atoms with Crippen LogP contribution in [0.4, 0.5) is 0 Å². The van der Waals surface area contributed by atoms with Crippen molar-refractivity contribution in [3.63, 3.8) is 0 Å². The molecule has 0 N–H and O–H groups in total. The van der Waals surface area contributed by atoms with E-state index in [0.717, 1.165) is 39.2 Å². The molecule has 0 aliphatic rings. The molecule has 0 saturated heterocycles. The van der Waals surface area contributed by atoms with E-state index in [-0.39, 0.29) is 0 Å². The first-order valence-corrected chi connectivity index (χ1v) is 17.8. The quantitative estimate of drug-likeness (QED) is 0.189. The number of hydrogen-bond donors (Lipinski definition) is 0. The average molecular weight is 661 g/mol. The van der Waals surface area contributed by atoms with Gasteiger partial charge in [-0.05, 0) is 47.9 Å². The van der Waals surface area contributed by atoms with Gasteiger partial charge in [0.1, 0.15) is 0 Å². The van der Waals surface area contributed by atoms with Gasteiger partial charge in [-0.2, -0.15) is 0 Å². The van der Waals surface area contributed by atoms with Crippen molar-refractivity contribution in [2.45, 2.75) is 0 Å². The van der Waals surface area contributed by atoms with E-state index in [2.05, 4.69) is 148 Å². The van der Waals surface area contributed by atoms with Gasteiger partial charge < -0.3 is 8.97 Å². The number of rotatable bonds is 3. The zero-order valence-electron chi connectivity index (χ0n) is 28.0. The van der Waals surface area contributed by atoms with Crippen LogP contribution < -0.4 is 0 Å². The molecule has 0 unspecified atom stereocenters. The Labute approximate surface area is 297 Å². The molecule has 8 aromatic carbocycles. The number of hydrogen-bond acceptors (Lipinski definition) is 2. The zero-order valence-corrected chi connectivity index (χ0v) is 28.0. The van der Waals surface area contributed by atoms with Crippen LogP contribution in [0.25, 0.3) is 110 Å². The molecule has 0 bridgehead atoms. The van der Waals surface area contributed by atoms with E-state index in [1.54, 1.807) is 0 Å². The lowest BCUT2D eigenvalue weighted by atomic mass is 10.0. The molecule has 0 saturated carbocycles. The monoisotopic (exact) mass is 660 g/mol. The van der Waals surface area contributed by atoms with Crippen molar-refractivity contribution < 1.29 is 0 Å². The third-order valence-corrected chi connectivity index (χ3v) is 11.0. The van der Waals surface area contributed by atoms with Crippen LogP contribution in [0.15, 0.2) is 170 Å². The molecule has 0 atom stereocenters. The Bertz CT molecular complexity index is 3390. The summed E-state index contributed by atoms with van der Waals surface area (Å²) in [7, 11) is 0. The van der Waals surface area contributed by atoms with Gasteiger partial charge in [-0.25, -0.2) is 9.97 Å². The van der Waals surface area contributed by atoms with E-state index in [1.165, 1.54) is 70.7 Å². The summed E-state index contributed by atoms with van der Waals surface area (Å²) in [5.41, 5.74) is 12.9. The molecule has 12 aromatic rings. The van der Waals surface area contributed by atoms with Gasteiger partial charge in [-0.3, -0.25) is 0 Å². The van der Waals surface area contributed by atoms with E-state index >= 15 is 0 Å². The lowest BCUT2D eigenvalue weighted by molar-refractivity contribution is 1.19. The summed E-state index contributed by atoms with van der Waals surface area (Å²) in [5.74, 6) is 0. The Balaban J connectivity index is 1.19.